The second kappa shape index (κ2) is 28.1. The van der Waals surface area contributed by atoms with Crippen molar-refractivity contribution in [1.82, 2.24) is 0 Å². The third-order valence-electron chi connectivity index (χ3n) is 17.0. The zero-order valence-electron chi connectivity index (χ0n) is 43.0. The molecule has 1 heterocycles. The minimum atomic E-state index is -1.46. The average molecular weight is 927 g/mol. The predicted molar refractivity (Wildman–Crippen MR) is 276 cm³/mol. The van der Waals surface area contributed by atoms with Gasteiger partial charge < -0.3 is 29.5 Å². The van der Waals surface area contributed by atoms with Gasteiger partial charge in [0.1, 0.15) is 31.0 Å². The molecule has 0 bridgehead atoms. The third kappa shape index (κ3) is 15.8. The second-order valence-corrected chi connectivity index (χ2v) is 21.9. The number of rotatable bonds is 26. The van der Waals surface area contributed by atoms with Crippen LogP contribution in [0.15, 0.2) is 96.7 Å². The standard InChI is InChI=1S/C60H94O7/c1-8-9-10-11-12-13-14-15-16-17-18-19-20-21-22-23-24-25-26-27-28-29-30-31-54(61)65-43-53-55(62)56(63)57(64)58(67-53)66-48-38-40-59(6)47(42-48)34-35-49-51-37-36-50(60(51,7)41-39-52(49)59)46(5)33-32-45(4)44(2)3/h9-10,12-13,15-16,18-19,21-22,24-25,32-34,44-46,48-53,55-58,62-64H,8,11,14,17,20,23,26-31,35-43H2,1-7H3/b10-9-,13-12-,16-15-,19-18-,22-21-,25-24-,33-32+. The van der Waals surface area contributed by atoms with Gasteiger partial charge >= 0.3 is 5.97 Å². The minimum Gasteiger partial charge on any atom is -0.463 e. The molecular weight excluding hydrogens is 833 g/mol. The van der Waals surface area contributed by atoms with E-state index in [4.69, 9.17) is 14.2 Å². The van der Waals surface area contributed by atoms with E-state index in [0.717, 1.165) is 114 Å². The maximum atomic E-state index is 12.7. The van der Waals surface area contributed by atoms with E-state index in [-0.39, 0.29) is 24.1 Å². The van der Waals surface area contributed by atoms with Crippen molar-refractivity contribution in [2.24, 2.45) is 52.3 Å². The Kier molecular flexibility index (Phi) is 23.2. The van der Waals surface area contributed by atoms with Gasteiger partial charge in [-0.05, 0) is 161 Å². The number of hydrogen-bond acceptors (Lipinski definition) is 7. The molecule has 3 saturated carbocycles. The minimum absolute atomic E-state index is 0.147. The highest BCUT2D eigenvalue weighted by Crippen LogP contribution is 2.67. The number of carbonyl (C=O) groups is 1. The molecule has 4 aliphatic carbocycles. The van der Waals surface area contributed by atoms with Gasteiger partial charge in [0.25, 0.3) is 0 Å². The number of carbonyl (C=O) groups excluding carboxylic acids is 1. The smallest absolute Gasteiger partial charge is 0.305 e. The Bertz CT molecular complexity index is 1720. The van der Waals surface area contributed by atoms with E-state index in [1.807, 2.05) is 0 Å². The van der Waals surface area contributed by atoms with Crippen molar-refractivity contribution in [3.63, 3.8) is 0 Å². The molecule has 5 rings (SSSR count). The first-order chi connectivity index (χ1) is 32.3. The molecular formula is C60H94O7. The van der Waals surface area contributed by atoms with Crippen LogP contribution in [-0.4, -0.2) is 64.7 Å². The van der Waals surface area contributed by atoms with E-state index in [2.05, 4.69) is 140 Å². The summed E-state index contributed by atoms with van der Waals surface area (Å²) in [5, 5.41) is 32.6. The number of esters is 1. The van der Waals surface area contributed by atoms with Crippen molar-refractivity contribution in [2.75, 3.05) is 6.61 Å². The Morgan fingerprint density at radius 3 is 2.00 bits per heavy atom. The second-order valence-electron chi connectivity index (χ2n) is 21.9. The number of hydrogen-bond donors (Lipinski definition) is 3. The number of allylic oxidation sites excluding steroid dienone is 15. The van der Waals surface area contributed by atoms with Gasteiger partial charge in [-0.3, -0.25) is 4.79 Å². The van der Waals surface area contributed by atoms with E-state index in [1.165, 1.54) is 31.3 Å². The molecule has 1 saturated heterocycles. The van der Waals surface area contributed by atoms with Crippen LogP contribution in [0.3, 0.4) is 0 Å². The van der Waals surface area contributed by atoms with E-state index in [0.29, 0.717) is 35.5 Å². The van der Waals surface area contributed by atoms with Crippen molar-refractivity contribution in [3.8, 4) is 0 Å². The van der Waals surface area contributed by atoms with Crippen LogP contribution in [-0.2, 0) is 19.0 Å². The highest BCUT2D eigenvalue weighted by Gasteiger charge is 2.59. The lowest BCUT2D eigenvalue weighted by atomic mass is 9.47. The van der Waals surface area contributed by atoms with E-state index >= 15 is 0 Å². The Hall–Kier alpha value is -2.81. The van der Waals surface area contributed by atoms with Crippen LogP contribution in [0.25, 0.3) is 0 Å². The zero-order valence-corrected chi connectivity index (χ0v) is 43.0. The molecule has 0 aromatic heterocycles. The molecule has 0 aromatic carbocycles. The van der Waals surface area contributed by atoms with E-state index < -0.39 is 30.7 Å². The molecule has 14 atom stereocenters. The number of fused-ring (bicyclic) bond motifs is 5. The summed E-state index contributed by atoms with van der Waals surface area (Å²) in [6.07, 6.45) is 47.8. The lowest BCUT2D eigenvalue weighted by Crippen LogP contribution is -2.60. The van der Waals surface area contributed by atoms with Gasteiger partial charge in [-0.15, -0.1) is 0 Å². The molecule has 14 unspecified atom stereocenters. The van der Waals surface area contributed by atoms with Crippen molar-refractivity contribution in [3.05, 3.63) is 96.7 Å². The molecule has 4 fully saturated rings. The Balaban J connectivity index is 0.954. The molecule has 7 heteroatoms. The maximum Gasteiger partial charge on any atom is 0.305 e. The summed E-state index contributed by atoms with van der Waals surface area (Å²) < 4.78 is 18.0. The van der Waals surface area contributed by atoms with Gasteiger partial charge in [-0.2, -0.15) is 0 Å². The average Bonchev–Trinajstić information content (AvgIpc) is 3.68. The first-order valence-electron chi connectivity index (χ1n) is 27.1. The maximum absolute atomic E-state index is 12.7. The molecule has 0 amide bonds. The summed E-state index contributed by atoms with van der Waals surface area (Å²) in [6, 6.07) is 0. The molecule has 5 aliphatic rings. The summed E-state index contributed by atoms with van der Waals surface area (Å²) in [4.78, 5) is 12.7. The number of ether oxygens (including phenoxy) is 3. The van der Waals surface area contributed by atoms with Crippen LogP contribution in [0.5, 0.6) is 0 Å². The molecule has 1 aliphatic heterocycles. The molecule has 3 N–H and O–H groups in total. The quantitative estimate of drug-likeness (QED) is 0.0451. The van der Waals surface area contributed by atoms with Crippen LogP contribution in [0.1, 0.15) is 177 Å². The lowest BCUT2D eigenvalue weighted by Gasteiger charge is -2.58. The largest absolute Gasteiger partial charge is 0.463 e. The number of aliphatic hydroxyl groups excluding tert-OH is 3. The van der Waals surface area contributed by atoms with Crippen LogP contribution in [0.4, 0.5) is 0 Å². The van der Waals surface area contributed by atoms with Gasteiger partial charge in [0.15, 0.2) is 6.29 Å². The monoisotopic (exact) mass is 927 g/mol. The molecule has 0 radical (unpaired) electrons. The fourth-order valence-electron chi connectivity index (χ4n) is 12.5. The normalized spacial score (nSPS) is 34.6. The summed E-state index contributed by atoms with van der Waals surface area (Å²) in [6.45, 7) is 16.5. The summed E-state index contributed by atoms with van der Waals surface area (Å²) in [5.41, 5.74) is 2.02. The van der Waals surface area contributed by atoms with Gasteiger partial charge in [-0.1, -0.05) is 158 Å². The van der Waals surface area contributed by atoms with E-state index in [1.54, 1.807) is 0 Å². The van der Waals surface area contributed by atoms with Crippen LogP contribution >= 0.6 is 0 Å². The van der Waals surface area contributed by atoms with Crippen molar-refractivity contribution < 1.29 is 34.3 Å². The fourth-order valence-corrected chi connectivity index (χ4v) is 12.5. The van der Waals surface area contributed by atoms with Crippen molar-refractivity contribution in [2.45, 2.75) is 214 Å². The Labute approximate surface area is 408 Å². The topological polar surface area (TPSA) is 105 Å². The molecule has 7 nitrogen and oxygen atoms in total. The molecule has 67 heavy (non-hydrogen) atoms. The first-order valence-corrected chi connectivity index (χ1v) is 27.1. The van der Waals surface area contributed by atoms with Gasteiger partial charge in [0, 0.05) is 6.42 Å². The van der Waals surface area contributed by atoms with Crippen LogP contribution in [0.2, 0.25) is 0 Å². The highest BCUT2D eigenvalue weighted by molar-refractivity contribution is 5.69. The first kappa shape index (κ1) is 55.1. The fraction of sp³-hybridized carbons (Fsp3) is 0.717. The Morgan fingerprint density at radius 1 is 0.731 bits per heavy atom. The molecule has 0 aromatic rings. The van der Waals surface area contributed by atoms with Crippen LogP contribution in [0, 0.1) is 52.3 Å². The summed E-state index contributed by atoms with van der Waals surface area (Å²) in [5.74, 6) is 4.47. The Morgan fingerprint density at radius 2 is 1.36 bits per heavy atom. The van der Waals surface area contributed by atoms with Gasteiger partial charge in [0.2, 0.25) is 0 Å². The lowest BCUT2D eigenvalue weighted by molar-refractivity contribution is -0.313. The molecule has 0 spiro atoms. The van der Waals surface area contributed by atoms with Crippen molar-refractivity contribution in [1.29, 1.82) is 0 Å². The third-order valence-corrected chi connectivity index (χ3v) is 17.0. The summed E-state index contributed by atoms with van der Waals surface area (Å²) >= 11 is 0. The van der Waals surface area contributed by atoms with E-state index in [9.17, 15) is 20.1 Å². The predicted octanol–water partition coefficient (Wildman–Crippen LogP) is 13.8. The zero-order chi connectivity index (χ0) is 48.2. The van der Waals surface area contributed by atoms with Gasteiger partial charge in [0.05, 0.1) is 6.10 Å². The number of aliphatic hydroxyl groups is 3. The van der Waals surface area contributed by atoms with Gasteiger partial charge in [-0.25, -0.2) is 0 Å². The van der Waals surface area contributed by atoms with Crippen LogP contribution < -0.4 is 0 Å². The number of unbranched alkanes of at least 4 members (excludes halogenated alkanes) is 4. The highest BCUT2D eigenvalue weighted by atomic mass is 16.7. The van der Waals surface area contributed by atoms with Crippen molar-refractivity contribution >= 4 is 5.97 Å². The summed E-state index contributed by atoms with van der Waals surface area (Å²) in [7, 11) is 0. The molecule has 376 valence electrons. The SMILES string of the molecule is CC/C=C\C/C=C\C/C=C\C/C=C\C/C=C\C/C=C\CCCCCCC(=O)OCC1OC(OC2CCC3(C)C(=CCC4C3CCC3(C)C(C(C)/C=C/C(C)C(C)C)CCC43)C2)C(O)C(O)C1O.